The van der Waals surface area contributed by atoms with Gasteiger partial charge in [-0.15, -0.1) is 0 Å². The Hall–Kier alpha value is -2.42. The summed E-state index contributed by atoms with van der Waals surface area (Å²) in [7, 11) is 1.40. The van der Waals surface area contributed by atoms with Crippen LogP contribution in [0, 0.1) is 6.92 Å². The van der Waals surface area contributed by atoms with Gasteiger partial charge in [0, 0.05) is 5.56 Å². The zero-order valence-corrected chi connectivity index (χ0v) is 15.1. The van der Waals surface area contributed by atoms with Gasteiger partial charge in [-0.25, -0.2) is 9.78 Å². The van der Waals surface area contributed by atoms with E-state index in [0.29, 0.717) is 11.3 Å². The molecule has 0 bridgehead atoms. The lowest BCUT2D eigenvalue weighted by Crippen LogP contribution is -2.09. The molecule has 1 heterocycles. The SMILES string of the molecule is CC=Cc1nc(-c2c(CC)cccc2CC)cc(C)c1C(=O)OC. The van der Waals surface area contributed by atoms with Crippen LogP contribution in [0.5, 0.6) is 0 Å². The number of ether oxygens (including phenoxy) is 1. The molecule has 0 unspecified atom stereocenters. The van der Waals surface area contributed by atoms with Crippen molar-refractivity contribution in [2.24, 2.45) is 0 Å². The summed E-state index contributed by atoms with van der Waals surface area (Å²) in [6.07, 6.45) is 5.65. The van der Waals surface area contributed by atoms with E-state index in [1.165, 1.54) is 23.8 Å². The number of hydrogen-bond acceptors (Lipinski definition) is 3. The summed E-state index contributed by atoms with van der Waals surface area (Å²) >= 11 is 0. The van der Waals surface area contributed by atoms with E-state index in [1.54, 1.807) is 0 Å². The third kappa shape index (κ3) is 3.40. The number of benzene rings is 1. The Labute approximate surface area is 144 Å². The summed E-state index contributed by atoms with van der Waals surface area (Å²) in [5.41, 5.74) is 6.74. The highest BCUT2D eigenvalue weighted by Crippen LogP contribution is 2.30. The quantitative estimate of drug-likeness (QED) is 0.727. The van der Waals surface area contributed by atoms with E-state index in [-0.39, 0.29) is 5.97 Å². The van der Waals surface area contributed by atoms with Crippen molar-refractivity contribution in [1.82, 2.24) is 4.98 Å². The molecule has 0 spiro atoms. The Balaban J connectivity index is 2.76. The summed E-state index contributed by atoms with van der Waals surface area (Å²) in [4.78, 5) is 16.9. The molecule has 0 aliphatic rings. The molecule has 126 valence electrons. The molecule has 0 atom stereocenters. The number of hydrogen-bond donors (Lipinski definition) is 0. The van der Waals surface area contributed by atoms with Gasteiger partial charge in [-0.05, 0) is 55.5 Å². The number of esters is 1. The van der Waals surface area contributed by atoms with Crippen LogP contribution in [0.3, 0.4) is 0 Å². The van der Waals surface area contributed by atoms with Gasteiger partial charge in [-0.1, -0.05) is 38.1 Å². The van der Waals surface area contributed by atoms with Gasteiger partial charge >= 0.3 is 5.97 Å². The van der Waals surface area contributed by atoms with Crippen LogP contribution in [-0.4, -0.2) is 18.1 Å². The highest BCUT2D eigenvalue weighted by molar-refractivity contribution is 5.95. The maximum atomic E-state index is 12.1. The maximum absolute atomic E-state index is 12.1. The van der Waals surface area contributed by atoms with Gasteiger partial charge in [0.1, 0.15) is 0 Å². The summed E-state index contributed by atoms with van der Waals surface area (Å²) in [5.74, 6) is -0.348. The molecule has 2 aromatic rings. The second-order valence-electron chi connectivity index (χ2n) is 5.73. The van der Waals surface area contributed by atoms with E-state index in [0.717, 1.165) is 24.1 Å². The molecule has 0 radical (unpaired) electrons. The van der Waals surface area contributed by atoms with E-state index in [4.69, 9.17) is 9.72 Å². The van der Waals surface area contributed by atoms with Gasteiger partial charge in [-0.3, -0.25) is 0 Å². The lowest BCUT2D eigenvalue weighted by Gasteiger charge is -2.16. The molecule has 0 aliphatic heterocycles. The standard InChI is InChI=1S/C21H25NO2/c1-6-10-17-19(21(23)24-5)14(4)13-18(22-17)20-15(7-2)11-9-12-16(20)8-3/h6,9-13H,7-8H2,1-5H3. The fourth-order valence-corrected chi connectivity index (χ4v) is 3.04. The minimum Gasteiger partial charge on any atom is -0.465 e. The fourth-order valence-electron chi connectivity index (χ4n) is 3.04. The van der Waals surface area contributed by atoms with Crippen molar-refractivity contribution in [1.29, 1.82) is 0 Å². The molecule has 0 aliphatic carbocycles. The Morgan fingerprint density at radius 1 is 1.21 bits per heavy atom. The molecule has 1 aromatic heterocycles. The smallest absolute Gasteiger partial charge is 0.340 e. The normalized spacial score (nSPS) is 11.0. The molecule has 0 saturated carbocycles. The van der Waals surface area contributed by atoms with Crippen molar-refractivity contribution >= 4 is 12.0 Å². The van der Waals surface area contributed by atoms with Crippen LogP contribution in [0.1, 0.15) is 53.5 Å². The first-order chi connectivity index (χ1) is 11.6. The number of nitrogens with zero attached hydrogens (tertiary/aromatic N) is 1. The molecule has 0 fully saturated rings. The zero-order valence-electron chi connectivity index (χ0n) is 15.1. The highest BCUT2D eigenvalue weighted by Gasteiger charge is 2.19. The number of carbonyl (C=O) groups is 1. The molecule has 2 rings (SSSR count). The molecular weight excluding hydrogens is 298 g/mol. The number of aryl methyl sites for hydroxylation is 3. The number of aromatic nitrogens is 1. The van der Waals surface area contributed by atoms with Gasteiger partial charge in [0.25, 0.3) is 0 Å². The van der Waals surface area contributed by atoms with Crippen molar-refractivity contribution < 1.29 is 9.53 Å². The Kier molecular flexibility index (Phi) is 5.91. The van der Waals surface area contributed by atoms with Crippen LogP contribution in [-0.2, 0) is 17.6 Å². The van der Waals surface area contributed by atoms with Crippen molar-refractivity contribution in [2.75, 3.05) is 7.11 Å². The number of carbonyl (C=O) groups excluding carboxylic acids is 1. The van der Waals surface area contributed by atoms with E-state index in [1.807, 2.05) is 32.1 Å². The van der Waals surface area contributed by atoms with Gasteiger partial charge < -0.3 is 4.74 Å². The average molecular weight is 323 g/mol. The van der Waals surface area contributed by atoms with Crippen LogP contribution in [0.2, 0.25) is 0 Å². The van der Waals surface area contributed by atoms with Crippen LogP contribution in [0.15, 0.2) is 30.3 Å². The van der Waals surface area contributed by atoms with Crippen LogP contribution in [0.25, 0.3) is 17.3 Å². The number of rotatable bonds is 5. The van der Waals surface area contributed by atoms with E-state index < -0.39 is 0 Å². The topological polar surface area (TPSA) is 39.2 Å². The molecule has 0 N–H and O–H groups in total. The molecule has 0 amide bonds. The summed E-state index contributed by atoms with van der Waals surface area (Å²) < 4.78 is 4.93. The fraction of sp³-hybridized carbons (Fsp3) is 0.333. The second kappa shape index (κ2) is 7.91. The second-order valence-corrected chi connectivity index (χ2v) is 5.73. The molecule has 0 saturated heterocycles. The van der Waals surface area contributed by atoms with Crippen LogP contribution >= 0.6 is 0 Å². The largest absolute Gasteiger partial charge is 0.465 e. The maximum Gasteiger partial charge on any atom is 0.340 e. The van der Waals surface area contributed by atoms with Gasteiger partial charge in [0.15, 0.2) is 0 Å². The Bertz CT molecular complexity index is 753. The molecule has 24 heavy (non-hydrogen) atoms. The highest BCUT2D eigenvalue weighted by atomic mass is 16.5. The monoisotopic (exact) mass is 323 g/mol. The van der Waals surface area contributed by atoms with Crippen molar-refractivity contribution in [3.63, 3.8) is 0 Å². The van der Waals surface area contributed by atoms with Crippen LogP contribution < -0.4 is 0 Å². The minimum absolute atomic E-state index is 0.348. The third-order valence-corrected chi connectivity index (χ3v) is 4.21. The first kappa shape index (κ1) is 17.9. The summed E-state index contributed by atoms with van der Waals surface area (Å²) in [6, 6.07) is 8.39. The third-order valence-electron chi connectivity index (χ3n) is 4.21. The number of methoxy groups -OCH3 is 1. The molecule has 3 heteroatoms. The Morgan fingerprint density at radius 2 is 1.83 bits per heavy atom. The number of allylic oxidation sites excluding steroid dienone is 1. The molecule has 1 aromatic carbocycles. The van der Waals surface area contributed by atoms with E-state index in [2.05, 4.69) is 32.0 Å². The van der Waals surface area contributed by atoms with Crippen molar-refractivity contribution in [3.8, 4) is 11.3 Å². The van der Waals surface area contributed by atoms with Gasteiger partial charge in [0.05, 0.1) is 24.1 Å². The van der Waals surface area contributed by atoms with Crippen LogP contribution in [0.4, 0.5) is 0 Å². The Morgan fingerprint density at radius 3 is 2.33 bits per heavy atom. The summed E-state index contributed by atoms with van der Waals surface area (Å²) in [6.45, 7) is 8.16. The molecule has 3 nitrogen and oxygen atoms in total. The van der Waals surface area contributed by atoms with Crippen molar-refractivity contribution in [2.45, 2.75) is 40.5 Å². The van der Waals surface area contributed by atoms with Crippen molar-refractivity contribution in [3.05, 3.63) is 58.3 Å². The molecular formula is C21H25NO2. The summed E-state index contributed by atoms with van der Waals surface area (Å²) in [5, 5.41) is 0. The first-order valence-corrected chi connectivity index (χ1v) is 8.41. The number of pyridine rings is 1. The van der Waals surface area contributed by atoms with E-state index >= 15 is 0 Å². The van der Waals surface area contributed by atoms with Gasteiger partial charge in [-0.2, -0.15) is 0 Å². The average Bonchev–Trinajstić information content (AvgIpc) is 2.60. The van der Waals surface area contributed by atoms with E-state index in [9.17, 15) is 4.79 Å². The zero-order chi connectivity index (χ0) is 17.7. The predicted octanol–water partition coefficient (Wildman–Crippen LogP) is 5.00. The predicted molar refractivity (Wildman–Crippen MR) is 99.2 cm³/mol. The minimum atomic E-state index is -0.348. The lowest BCUT2D eigenvalue weighted by molar-refractivity contribution is 0.0599. The van der Waals surface area contributed by atoms with Gasteiger partial charge in [0.2, 0.25) is 0 Å². The first-order valence-electron chi connectivity index (χ1n) is 8.41. The lowest BCUT2D eigenvalue weighted by atomic mass is 9.93.